The Morgan fingerprint density at radius 1 is 1.48 bits per heavy atom. The van der Waals surface area contributed by atoms with Gasteiger partial charge in [0, 0.05) is 18.3 Å². The molecule has 1 aromatic rings. The molecule has 4 heteroatoms. The second-order valence-corrected chi connectivity index (χ2v) is 5.97. The first-order valence-corrected chi connectivity index (χ1v) is 7.71. The number of carbonyl (C=O) groups excluding carboxylic acids is 1. The van der Waals surface area contributed by atoms with Crippen LogP contribution in [0, 0.1) is 6.92 Å². The van der Waals surface area contributed by atoms with Crippen molar-refractivity contribution in [2.75, 3.05) is 18.6 Å². The van der Waals surface area contributed by atoms with Crippen LogP contribution in [0.25, 0.3) is 0 Å². The molecule has 1 aliphatic rings. The lowest BCUT2D eigenvalue weighted by Crippen LogP contribution is -2.56. The molecule has 1 fully saturated rings. The van der Waals surface area contributed by atoms with Crippen molar-refractivity contribution < 1.29 is 9.53 Å². The second-order valence-electron chi connectivity index (χ2n) is 5.97. The molecule has 21 heavy (non-hydrogen) atoms. The van der Waals surface area contributed by atoms with E-state index in [0.29, 0.717) is 12.8 Å². The number of esters is 1. The molecule has 116 valence electrons. The Bertz CT molecular complexity index is 503. The van der Waals surface area contributed by atoms with Gasteiger partial charge in [-0.15, -0.1) is 0 Å². The number of para-hydroxylation sites is 1. The molecular weight excluding hydrogens is 264 g/mol. The van der Waals surface area contributed by atoms with Gasteiger partial charge in [0.1, 0.15) is 5.54 Å². The lowest BCUT2D eigenvalue weighted by molar-refractivity contribution is -0.148. The molecule has 4 nitrogen and oxygen atoms in total. The van der Waals surface area contributed by atoms with Crippen LogP contribution in [0.1, 0.15) is 38.2 Å². The highest BCUT2D eigenvalue weighted by molar-refractivity contribution is 5.80. The summed E-state index contributed by atoms with van der Waals surface area (Å²) in [4.78, 5) is 14.4. The minimum Gasteiger partial charge on any atom is -0.468 e. The summed E-state index contributed by atoms with van der Waals surface area (Å²) in [6, 6.07) is 8.66. The van der Waals surface area contributed by atoms with Gasteiger partial charge in [-0.1, -0.05) is 18.2 Å². The molecule has 0 amide bonds. The summed E-state index contributed by atoms with van der Waals surface area (Å²) >= 11 is 0. The largest absolute Gasteiger partial charge is 0.468 e. The molecule has 1 aliphatic carbocycles. The van der Waals surface area contributed by atoms with E-state index in [1.165, 1.54) is 18.4 Å². The summed E-state index contributed by atoms with van der Waals surface area (Å²) in [5, 5.41) is 0. The molecule has 0 bridgehead atoms. The van der Waals surface area contributed by atoms with Gasteiger partial charge < -0.3 is 15.4 Å². The third kappa shape index (κ3) is 3.21. The SMILES string of the molecule is CCN(c1ccccc1C)C1CCCC(N)(C(=O)OC)C1. The van der Waals surface area contributed by atoms with E-state index in [-0.39, 0.29) is 12.0 Å². The van der Waals surface area contributed by atoms with Gasteiger partial charge in [-0.3, -0.25) is 4.79 Å². The van der Waals surface area contributed by atoms with E-state index in [1.807, 2.05) is 0 Å². The fraction of sp³-hybridized carbons (Fsp3) is 0.588. The normalized spacial score (nSPS) is 25.4. The van der Waals surface area contributed by atoms with Crippen LogP contribution in [-0.2, 0) is 9.53 Å². The third-order valence-corrected chi connectivity index (χ3v) is 4.56. The standard InChI is InChI=1S/C17H26N2O2/c1-4-19(15-10-6-5-8-13(15)2)14-9-7-11-17(18,12-14)16(20)21-3/h5-6,8,10,14H,4,7,9,11-12,18H2,1-3H3. The zero-order chi connectivity index (χ0) is 15.5. The lowest BCUT2D eigenvalue weighted by atomic mass is 9.79. The number of ether oxygens (including phenoxy) is 1. The van der Waals surface area contributed by atoms with Crippen LogP contribution in [0.5, 0.6) is 0 Å². The summed E-state index contributed by atoms with van der Waals surface area (Å²) in [5.74, 6) is -0.284. The average molecular weight is 290 g/mol. The van der Waals surface area contributed by atoms with Gasteiger partial charge in [0.2, 0.25) is 0 Å². The number of benzene rings is 1. The Balaban J connectivity index is 2.23. The van der Waals surface area contributed by atoms with Crippen LogP contribution in [0.15, 0.2) is 24.3 Å². The maximum absolute atomic E-state index is 12.0. The Hall–Kier alpha value is -1.55. The van der Waals surface area contributed by atoms with E-state index in [9.17, 15) is 4.79 Å². The molecule has 0 radical (unpaired) electrons. The van der Waals surface area contributed by atoms with Crippen LogP contribution in [-0.4, -0.2) is 31.2 Å². The zero-order valence-corrected chi connectivity index (χ0v) is 13.3. The molecule has 0 heterocycles. The molecule has 1 aromatic carbocycles. The molecule has 1 saturated carbocycles. The van der Waals surface area contributed by atoms with Gasteiger partial charge in [-0.05, 0) is 51.2 Å². The van der Waals surface area contributed by atoms with Crippen LogP contribution in [0.4, 0.5) is 5.69 Å². The van der Waals surface area contributed by atoms with E-state index in [0.717, 1.165) is 19.4 Å². The number of nitrogens with zero attached hydrogens (tertiary/aromatic N) is 1. The van der Waals surface area contributed by atoms with E-state index in [2.05, 4.69) is 43.0 Å². The third-order valence-electron chi connectivity index (χ3n) is 4.56. The van der Waals surface area contributed by atoms with Gasteiger partial charge in [0.05, 0.1) is 7.11 Å². The van der Waals surface area contributed by atoms with Crippen molar-refractivity contribution in [3.63, 3.8) is 0 Å². The van der Waals surface area contributed by atoms with Crippen LogP contribution in [0.2, 0.25) is 0 Å². The van der Waals surface area contributed by atoms with Crippen LogP contribution >= 0.6 is 0 Å². The van der Waals surface area contributed by atoms with E-state index in [4.69, 9.17) is 10.5 Å². The smallest absolute Gasteiger partial charge is 0.325 e. The average Bonchev–Trinajstić information content (AvgIpc) is 2.49. The van der Waals surface area contributed by atoms with E-state index < -0.39 is 5.54 Å². The zero-order valence-electron chi connectivity index (χ0n) is 13.3. The molecule has 2 unspecified atom stereocenters. The fourth-order valence-corrected chi connectivity index (χ4v) is 3.44. The van der Waals surface area contributed by atoms with Crippen molar-refractivity contribution in [1.82, 2.24) is 0 Å². The fourth-order valence-electron chi connectivity index (χ4n) is 3.44. The van der Waals surface area contributed by atoms with Gasteiger partial charge in [0.15, 0.2) is 0 Å². The summed E-state index contributed by atoms with van der Waals surface area (Å²) in [5.41, 5.74) is 7.96. The minimum absolute atomic E-state index is 0.284. The van der Waals surface area contributed by atoms with Crippen LogP contribution < -0.4 is 10.6 Å². The first kappa shape index (κ1) is 15.8. The number of aryl methyl sites for hydroxylation is 1. The Morgan fingerprint density at radius 3 is 2.81 bits per heavy atom. The highest BCUT2D eigenvalue weighted by Crippen LogP contribution is 2.33. The maximum atomic E-state index is 12.0. The highest BCUT2D eigenvalue weighted by atomic mass is 16.5. The first-order chi connectivity index (χ1) is 10.0. The Morgan fingerprint density at radius 2 is 2.19 bits per heavy atom. The number of carbonyl (C=O) groups is 1. The number of rotatable bonds is 4. The molecule has 2 rings (SSSR count). The summed E-state index contributed by atoms with van der Waals surface area (Å²) < 4.78 is 4.90. The van der Waals surface area contributed by atoms with Crippen molar-refractivity contribution in [3.8, 4) is 0 Å². The Kier molecular flexibility index (Phi) is 4.88. The molecular formula is C17H26N2O2. The molecule has 2 N–H and O–H groups in total. The summed E-state index contributed by atoms with van der Waals surface area (Å²) in [6.45, 7) is 5.18. The predicted octanol–water partition coefficient (Wildman–Crippen LogP) is 2.63. The minimum atomic E-state index is -0.840. The van der Waals surface area contributed by atoms with Crippen molar-refractivity contribution >= 4 is 11.7 Å². The molecule has 0 saturated heterocycles. The van der Waals surface area contributed by atoms with Gasteiger partial charge in [0.25, 0.3) is 0 Å². The number of nitrogens with two attached hydrogens (primary N) is 1. The Labute approximate surface area is 127 Å². The van der Waals surface area contributed by atoms with Crippen molar-refractivity contribution in [2.45, 2.75) is 51.1 Å². The number of anilines is 1. The highest BCUT2D eigenvalue weighted by Gasteiger charge is 2.41. The van der Waals surface area contributed by atoms with Gasteiger partial charge >= 0.3 is 5.97 Å². The topological polar surface area (TPSA) is 55.6 Å². The second kappa shape index (κ2) is 6.48. The predicted molar refractivity (Wildman–Crippen MR) is 85.4 cm³/mol. The number of hydrogen-bond acceptors (Lipinski definition) is 4. The number of hydrogen-bond donors (Lipinski definition) is 1. The first-order valence-electron chi connectivity index (χ1n) is 7.71. The van der Waals surface area contributed by atoms with Crippen molar-refractivity contribution in [2.24, 2.45) is 5.73 Å². The van der Waals surface area contributed by atoms with E-state index >= 15 is 0 Å². The van der Waals surface area contributed by atoms with Gasteiger partial charge in [-0.25, -0.2) is 0 Å². The van der Waals surface area contributed by atoms with Crippen molar-refractivity contribution in [1.29, 1.82) is 0 Å². The van der Waals surface area contributed by atoms with E-state index in [1.54, 1.807) is 0 Å². The quantitative estimate of drug-likeness (QED) is 0.866. The monoisotopic (exact) mass is 290 g/mol. The van der Waals surface area contributed by atoms with Gasteiger partial charge in [-0.2, -0.15) is 0 Å². The summed E-state index contributed by atoms with van der Waals surface area (Å²) in [7, 11) is 1.42. The molecule has 0 spiro atoms. The summed E-state index contributed by atoms with van der Waals surface area (Å²) in [6.07, 6.45) is 3.39. The molecule has 0 aromatic heterocycles. The maximum Gasteiger partial charge on any atom is 0.325 e. The molecule has 2 atom stereocenters. The number of methoxy groups -OCH3 is 1. The lowest BCUT2D eigenvalue weighted by Gasteiger charge is -2.42. The van der Waals surface area contributed by atoms with Crippen molar-refractivity contribution in [3.05, 3.63) is 29.8 Å². The van der Waals surface area contributed by atoms with Crippen LogP contribution in [0.3, 0.4) is 0 Å². The molecule has 0 aliphatic heterocycles.